The minimum Gasteiger partial charge on any atom is -0.507 e. The third kappa shape index (κ3) is 5.02. The summed E-state index contributed by atoms with van der Waals surface area (Å²) in [6, 6.07) is 24.0. The van der Waals surface area contributed by atoms with E-state index in [9.17, 15) is 9.90 Å². The second-order valence-electron chi connectivity index (χ2n) is 7.20. The number of amides is 1. The Morgan fingerprint density at radius 2 is 1.84 bits per heavy atom. The minimum absolute atomic E-state index is 0.0802. The van der Waals surface area contributed by atoms with Gasteiger partial charge in [-0.1, -0.05) is 54.1 Å². The molecule has 0 saturated carbocycles. The molecule has 0 spiro atoms. The number of phenolic OH excluding ortho intramolecular Hbond substituents is 1. The predicted molar refractivity (Wildman–Crippen MR) is 123 cm³/mol. The Kier molecular flexibility index (Phi) is 6.27. The van der Waals surface area contributed by atoms with Crippen molar-refractivity contribution in [2.75, 3.05) is 0 Å². The van der Waals surface area contributed by atoms with Crippen LogP contribution in [0.1, 0.15) is 27.2 Å². The van der Waals surface area contributed by atoms with Gasteiger partial charge in [-0.15, -0.1) is 0 Å². The van der Waals surface area contributed by atoms with Crippen LogP contribution in [0.3, 0.4) is 0 Å². The van der Waals surface area contributed by atoms with Gasteiger partial charge in [-0.3, -0.25) is 9.89 Å². The van der Waals surface area contributed by atoms with Crippen molar-refractivity contribution in [1.82, 2.24) is 15.6 Å². The molecule has 0 radical (unpaired) electrons. The molecular weight excluding hydrogens is 404 g/mol. The predicted octanol–water partition coefficient (Wildman–Crippen LogP) is 4.43. The summed E-state index contributed by atoms with van der Waals surface area (Å²) in [6.45, 7) is 2.47. The highest BCUT2D eigenvalue weighted by Gasteiger charge is 2.14. The van der Waals surface area contributed by atoms with E-state index in [0.29, 0.717) is 23.6 Å². The highest BCUT2D eigenvalue weighted by Crippen LogP contribution is 2.29. The van der Waals surface area contributed by atoms with E-state index in [4.69, 9.17) is 4.74 Å². The van der Waals surface area contributed by atoms with Crippen LogP contribution in [0.5, 0.6) is 11.5 Å². The SMILES string of the molecule is Cc1ccc(COc2ccccc2-c2cc(C(=O)N/N=C\c3ccccc3O)[nH]n2)cc1. The lowest BCUT2D eigenvalue weighted by atomic mass is 10.1. The van der Waals surface area contributed by atoms with Gasteiger partial charge < -0.3 is 9.84 Å². The van der Waals surface area contributed by atoms with Crippen LogP contribution in [-0.4, -0.2) is 27.4 Å². The van der Waals surface area contributed by atoms with Crippen LogP contribution in [0.25, 0.3) is 11.3 Å². The summed E-state index contributed by atoms with van der Waals surface area (Å²) >= 11 is 0. The molecule has 160 valence electrons. The molecule has 0 bridgehead atoms. The van der Waals surface area contributed by atoms with Gasteiger partial charge in [-0.05, 0) is 42.8 Å². The first-order valence-electron chi connectivity index (χ1n) is 10.0. The number of carbonyl (C=O) groups is 1. The quantitative estimate of drug-likeness (QED) is 0.301. The van der Waals surface area contributed by atoms with Gasteiger partial charge in [0.1, 0.15) is 23.8 Å². The van der Waals surface area contributed by atoms with Crippen molar-refractivity contribution in [3.8, 4) is 22.8 Å². The second kappa shape index (κ2) is 9.61. The molecule has 0 fully saturated rings. The maximum absolute atomic E-state index is 12.4. The molecule has 1 heterocycles. The smallest absolute Gasteiger partial charge is 0.289 e. The molecule has 3 aromatic carbocycles. The molecule has 7 heteroatoms. The second-order valence-corrected chi connectivity index (χ2v) is 7.20. The number of nitrogens with zero attached hydrogens (tertiary/aromatic N) is 2. The zero-order valence-corrected chi connectivity index (χ0v) is 17.4. The van der Waals surface area contributed by atoms with Gasteiger partial charge >= 0.3 is 0 Å². The van der Waals surface area contributed by atoms with Gasteiger partial charge in [0.05, 0.1) is 11.9 Å². The van der Waals surface area contributed by atoms with Gasteiger partial charge in [0.15, 0.2) is 0 Å². The van der Waals surface area contributed by atoms with E-state index in [1.807, 2.05) is 55.5 Å². The monoisotopic (exact) mass is 426 g/mol. The number of para-hydroxylation sites is 2. The third-order valence-corrected chi connectivity index (χ3v) is 4.81. The molecule has 0 aliphatic heterocycles. The lowest BCUT2D eigenvalue weighted by Gasteiger charge is -2.10. The van der Waals surface area contributed by atoms with Gasteiger partial charge in [-0.25, -0.2) is 5.43 Å². The maximum atomic E-state index is 12.4. The van der Waals surface area contributed by atoms with E-state index in [-0.39, 0.29) is 11.4 Å². The molecule has 4 rings (SSSR count). The van der Waals surface area contributed by atoms with E-state index in [1.54, 1.807) is 30.3 Å². The van der Waals surface area contributed by atoms with Crippen molar-refractivity contribution < 1.29 is 14.6 Å². The fourth-order valence-electron chi connectivity index (χ4n) is 3.04. The van der Waals surface area contributed by atoms with Crippen LogP contribution < -0.4 is 10.2 Å². The summed E-state index contributed by atoms with van der Waals surface area (Å²) in [6.07, 6.45) is 1.37. The Balaban J connectivity index is 1.44. The number of hydrogen-bond acceptors (Lipinski definition) is 5. The Hall–Kier alpha value is -4.39. The summed E-state index contributed by atoms with van der Waals surface area (Å²) < 4.78 is 6.01. The number of phenols is 1. The molecule has 1 amide bonds. The van der Waals surface area contributed by atoms with Crippen LogP contribution in [0.4, 0.5) is 0 Å². The summed E-state index contributed by atoms with van der Waals surface area (Å²) in [5.74, 6) is 0.300. The molecular formula is C25H22N4O3. The summed E-state index contributed by atoms with van der Waals surface area (Å²) in [5, 5.41) is 20.6. The number of hydrazone groups is 1. The Morgan fingerprint density at radius 3 is 2.66 bits per heavy atom. The lowest BCUT2D eigenvalue weighted by molar-refractivity contribution is 0.0950. The minimum atomic E-state index is -0.450. The number of aromatic hydroxyl groups is 1. The number of aryl methyl sites for hydroxylation is 1. The van der Waals surface area contributed by atoms with E-state index < -0.39 is 5.91 Å². The molecule has 3 N–H and O–H groups in total. The maximum Gasteiger partial charge on any atom is 0.289 e. The molecule has 1 aromatic heterocycles. The van der Waals surface area contributed by atoms with Gasteiger partial charge in [0.25, 0.3) is 5.91 Å². The first-order chi connectivity index (χ1) is 15.6. The zero-order valence-electron chi connectivity index (χ0n) is 17.4. The fraction of sp³-hybridized carbons (Fsp3) is 0.0800. The number of aromatic nitrogens is 2. The largest absolute Gasteiger partial charge is 0.507 e. The molecule has 0 aliphatic carbocycles. The average molecular weight is 426 g/mol. The summed E-state index contributed by atoms with van der Waals surface area (Å²) in [4.78, 5) is 12.4. The van der Waals surface area contributed by atoms with Crippen LogP contribution in [0.2, 0.25) is 0 Å². The van der Waals surface area contributed by atoms with Crippen molar-refractivity contribution >= 4 is 12.1 Å². The lowest BCUT2D eigenvalue weighted by Crippen LogP contribution is -2.18. The zero-order chi connectivity index (χ0) is 22.3. The van der Waals surface area contributed by atoms with Crippen LogP contribution in [0, 0.1) is 6.92 Å². The van der Waals surface area contributed by atoms with E-state index in [1.165, 1.54) is 11.8 Å². The Morgan fingerprint density at radius 1 is 1.09 bits per heavy atom. The molecule has 0 atom stereocenters. The number of aromatic amines is 1. The number of ether oxygens (including phenoxy) is 1. The normalized spacial score (nSPS) is 10.9. The standard InChI is InChI=1S/C25H22N4O3/c1-17-10-12-18(13-11-17)16-32-24-9-5-3-7-20(24)21-14-22(28-27-21)25(31)29-26-15-19-6-2-4-8-23(19)30/h2-15,30H,16H2,1H3,(H,27,28)(H,29,31)/b26-15-. The number of H-pyrrole nitrogens is 1. The van der Waals surface area contributed by atoms with Gasteiger partial charge in [0.2, 0.25) is 0 Å². The first kappa shape index (κ1) is 20.9. The molecule has 32 heavy (non-hydrogen) atoms. The molecule has 7 nitrogen and oxygen atoms in total. The fourth-order valence-corrected chi connectivity index (χ4v) is 3.04. The van der Waals surface area contributed by atoms with Crippen LogP contribution in [-0.2, 0) is 6.61 Å². The number of hydrogen-bond donors (Lipinski definition) is 3. The van der Waals surface area contributed by atoms with Crippen molar-refractivity contribution in [1.29, 1.82) is 0 Å². The highest BCUT2D eigenvalue weighted by atomic mass is 16.5. The first-order valence-corrected chi connectivity index (χ1v) is 10.0. The number of nitrogens with one attached hydrogen (secondary N) is 2. The number of rotatable bonds is 7. The number of benzene rings is 3. The summed E-state index contributed by atoms with van der Waals surface area (Å²) in [7, 11) is 0. The summed E-state index contributed by atoms with van der Waals surface area (Å²) in [5.41, 5.74) is 6.79. The average Bonchev–Trinajstić information content (AvgIpc) is 3.30. The van der Waals surface area contributed by atoms with E-state index in [0.717, 1.165) is 11.1 Å². The van der Waals surface area contributed by atoms with E-state index in [2.05, 4.69) is 20.7 Å². The molecule has 0 saturated heterocycles. The van der Waals surface area contributed by atoms with Gasteiger partial charge in [0, 0.05) is 11.1 Å². The van der Waals surface area contributed by atoms with Crippen LogP contribution in [0.15, 0.2) is 84.0 Å². The Labute approximate surface area is 185 Å². The third-order valence-electron chi connectivity index (χ3n) is 4.81. The van der Waals surface area contributed by atoms with Crippen LogP contribution >= 0.6 is 0 Å². The van der Waals surface area contributed by atoms with E-state index >= 15 is 0 Å². The molecule has 0 aliphatic rings. The topological polar surface area (TPSA) is 99.6 Å². The highest BCUT2D eigenvalue weighted by molar-refractivity contribution is 5.94. The van der Waals surface area contributed by atoms with Gasteiger partial charge in [-0.2, -0.15) is 10.2 Å². The van der Waals surface area contributed by atoms with Crippen molar-refractivity contribution in [2.45, 2.75) is 13.5 Å². The van der Waals surface area contributed by atoms with Crippen molar-refractivity contribution in [3.05, 3.63) is 101 Å². The van der Waals surface area contributed by atoms with Crippen molar-refractivity contribution in [3.63, 3.8) is 0 Å². The molecule has 4 aromatic rings. The van der Waals surface area contributed by atoms with Crippen molar-refractivity contribution in [2.24, 2.45) is 5.10 Å². The molecule has 0 unspecified atom stereocenters. The Bertz CT molecular complexity index is 1250. The number of carbonyl (C=O) groups excluding carboxylic acids is 1.